The summed E-state index contributed by atoms with van der Waals surface area (Å²) in [6.07, 6.45) is 5.62. The molecule has 2 aromatic carbocycles. The van der Waals surface area contributed by atoms with Crippen molar-refractivity contribution in [2.75, 3.05) is 0 Å². The molecule has 5 nitrogen and oxygen atoms in total. The van der Waals surface area contributed by atoms with Crippen LogP contribution in [0.4, 0.5) is 0 Å². The normalized spacial score (nSPS) is 12.2. The van der Waals surface area contributed by atoms with E-state index in [9.17, 15) is 4.79 Å². The molecule has 0 spiro atoms. The van der Waals surface area contributed by atoms with Gasteiger partial charge in [-0.05, 0) is 52.9 Å². The van der Waals surface area contributed by atoms with E-state index in [1.165, 1.54) is 15.9 Å². The lowest BCUT2D eigenvalue weighted by Gasteiger charge is -2.06. The quantitative estimate of drug-likeness (QED) is 0.388. The van der Waals surface area contributed by atoms with Gasteiger partial charge in [0.1, 0.15) is 12.4 Å². The summed E-state index contributed by atoms with van der Waals surface area (Å²) in [5.74, 6) is 1.32. The summed E-state index contributed by atoms with van der Waals surface area (Å²) < 4.78 is 7.78. The molecule has 0 amide bonds. The standard InChI is InChI=1S/C24H17N3O2S2/c28-23-21(31-24-25-22(26-27(23)24)13-12-20-7-4-14-30-20)15-17-8-10-19(11-9-17)29-16-18-5-2-1-3-6-18/h1-15H,16H2/b13-12+,21-15+. The molecule has 0 radical (unpaired) electrons. The van der Waals surface area contributed by atoms with Crippen molar-refractivity contribution < 1.29 is 4.74 Å². The highest BCUT2D eigenvalue weighted by Crippen LogP contribution is 2.15. The van der Waals surface area contributed by atoms with Crippen LogP contribution in [0, 0.1) is 0 Å². The molecule has 0 unspecified atom stereocenters. The maximum atomic E-state index is 12.7. The van der Waals surface area contributed by atoms with Crippen molar-refractivity contribution >= 4 is 45.9 Å². The Morgan fingerprint density at radius 1 is 0.968 bits per heavy atom. The Bertz CT molecular complexity index is 1430. The first-order chi connectivity index (χ1) is 15.2. The molecule has 0 saturated carbocycles. The van der Waals surface area contributed by atoms with Gasteiger partial charge in [0, 0.05) is 4.88 Å². The molecule has 0 aliphatic carbocycles. The van der Waals surface area contributed by atoms with Crippen LogP contribution in [-0.2, 0) is 6.61 Å². The Labute approximate surface area is 186 Å². The zero-order valence-electron chi connectivity index (χ0n) is 16.3. The molecule has 152 valence electrons. The Morgan fingerprint density at radius 3 is 2.55 bits per heavy atom. The van der Waals surface area contributed by atoms with Crippen LogP contribution in [0.25, 0.3) is 23.2 Å². The predicted octanol–water partition coefficient (Wildman–Crippen LogP) is 4.51. The summed E-state index contributed by atoms with van der Waals surface area (Å²) in [7, 11) is 0. The second-order valence-electron chi connectivity index (χ2n) is 6.77. The second kappa shape index (κ2) is 8.67. The molecule has 0 bridgehead atoms. The molecule has 5 rings (SSSR count). The number of thiazole rings is 1. The summed E-state index contributed by atoms with van der Waals surface area (Å²) in [4.78, 5) is 18.9. The van der Waals surface area contributed by atoms with Crippen molar-refractivity contribution in [1.82, 2.24) is 14.6 Å². The van der Waals surface area contributed by atoms with Gasteiger partial charge in [-0.15, -0.1) is 16.4 Å². The molecule has 7 heteroatoms. The fourth-order valence-corrected chi connectivity index (χ4v) is 4.55. The third-order valence-electron chi connectivity index (χ3n) is 4.56. The highest BCUT2D eigenvalue weighted by molar-refractivity contribution is 7.15. The predicted molar refractivity (Wildman–Crippen MR) is 126 cm³/mol. The molecule has 0 saturated heterocycles. The first-order valence-electron chi connectivity index (χ1n) is 9.64. The van der Waals surface area contributed by atoms with Gasteiger partial charge < -0.3 is 4.74 Å². The fourth-order valence-electron chi connectivity index (χ4n) is 3.01. The van der Waals surface area contributed by atoms with E-state index in [1.807, 2.05) is 90.3 Å². The van der Waals surface area contributed by atoms with E-state index < -0.39 is 0 Å². The number of thiophene rings is 1. The average molecular weight is 444 g/mol. The molecule has 3 aromatic heterocycles. The van der Waals surface area contributed by atoms with E-state index in [1.54, 1.807) is 11.3 Å². The minimum atomic E-state index is -0.160. The zero-order chi connectivity index (χ0) is 21.0. The van der Waals surface area contributed by atoms with Crippen LogP contribution in [0.1, 0.15) is 21.8 Å². The molecule has 3 heterocycles. The van der Waals surface area contributed by atoms with Crippen LogP contribution >= 0.6 is 22.7 Å². The monoisotopic (exact) mass is 443 g/mol. The van der Waals surface area contributed by atoms with Crippen molar-refractivity contribution in [3.63, 3.8) is 0 Å². The van der Waals surface area contributed by atoms with Crippen molar-refractivity contribution in [2.45, 2.75) is 6.61 Å². The van der Waals surface area contributed by atoms with E-state index in [0.717, 1.165) is 21.8 Å². The third-order valence-corrected chi connectivity index (χ3v) is 6.36. The number of hydrogen-bond acceptors (Lipinski definition) is 6. The third kappa shape index (κ3) is 4.47. The topological polar surface area (TPSA) is 56.5 Å². The summed E-state index contributed by atoms with van der Waals surface area (Å²) >= 11 is 2.97. The van der Waals surface area contributed by atoms with Crippen molar-refractivity contribution in [2.24, 2.45) is 0 Å². The molecular weight excluding hydrogens is 426 g/mol. The summed E-state index contributed by atoms with van der Waals surface area (Å²) in [6.45, 7) is 0.520. The van der Waals surface area contributed by atoms with E-state index in [-0.39, 0.29) is 5.56 Å². The van der Waals surface area contributed by atoms with Crippen LogP contribution in [0.15, 0.2) is 76.9 Å². The Hall–Kier alpha value is -3.55. The first-order valence-corrected chi connectivity index (χ1v) is 11.3. The molecule has 0 aliphatic heterocycles. The number of hydrogen-bond donors (Lipinski definition) is 0. The molecule has 0 aliphatic rings. The minimum Gasteiger partial charge on any atom is -0.489 e. The van der Waals surface area contributed by atoms with Gasteiger partial charge in [-0.2, -0.15) is 9.50 Å². The lowest BCUT2D eigenvalue weighted by Crippen LogP contribution is -2.23. The number of nitrogens with zero attached hydrogens (tertiary/aromatic N) is 3. The lowest BCUT2D eigenvalue weighted by molar-refractivity contribution is 0.306. The summed E-state index contributed by atoms with van der Waals surface area (Å²) in [5.41, 5.74) is 1.88. The Morgan fingerprint density at radius 2 is 1.81 bits per heavy atom. The Balaban J connectivity index is 1.33. The molecular formula is C24H17N3O2S2. The number of benzene rings is 2. The number of ether oxygens (including phenoxy) is 1. The van der Waals surface area contributed by atoms with Crippen LogP contribution in [0.5, 0.6) is 5.75 Å². The van der Waals surface area contributed by atoms with E-state index in [2.05, 4.69) is 10.1 Å². The van der Waals surface area contributed by atoms with Gasteiger partial charge in [0.15, 0.2) is 5.82 Å². The van der Waals surface area contributed by atoms with E-state index in [4.69, 9.17) is 4.74 Å². The second-order valence-corrected chi connectivity index (χ2v) is 8.76. The SMILES string of the molecule is O=c1/c(=C\c2ccc(OCc3ccccc3)cc2)sc2nc(/C=C/c3cccs3)nn12. The lowest BCUT2D eigenvalue weighted by atomic mass is 10.2. The van der Waals surface area contributed by atoms with Gasteiger partial charge in [-0.3, -0.25) is 4.79 Å². The molecule has 31 heavy (non-hydrogen) atoms. The van der Waals surface area contributed by atoms with Gasteiger partial charge in [0.25, 0.3) is 5.56 Å². The van der Waals surface area contributed by atoms with E-state index >= 15 is 0 Å². The minimum absolute atomic E-state index is 0.160. The van der Waals surface area contributed by atoms with Gasteiger partial charge in [0.2, 0.25) is 4.96 Å². The molecule has 0 atom stereocenters. The average Bonchev–Trinajstić information content (AvgIpc) is 3.52. The number of rotatable bonds is 6. The highest BCUT2D eigenvalue weighted by Gasteiger charge is 2.09. The first kappa shape index (κ1) is 19.4. The van der Waals surface area contributed by atoms with Crippen LogP contribution in [0.3, 0.4) is 0 Å². The smallest absolute Gasteiger partial charge is 0.291 e. The fraction of sp³-hybridized carbons (Fsp3) is 0.0417. The number of aromatic nitrogens is 3. The molecule has 0 fully saturated rings. The zero-order valence-corrected chi connectivity index (χ0v) is 18.0. The van der Waals surface area contributed by atoms with Crippen molar-refractivity contribution in [3.05, 3.63) is 109 Å². The molecule has 0 N–H and O–H groups in total. The van der Waals surface area contributed by atoms with Crippen LogP contribution in [0.2, 0.25) is 0 Å². The number of fused-ring (bicyclic) bond motifs is 1. The van der Waals surface area contributed by atoms with Crippen LogP contribution in [-0.4, -0.2) is 14.6 Å². The van der Waals surface area contributed by atoms with E-state index in [0.29, 0.717) is 21.9 Å². The largest absolute Gasteiger partial charge is 0.489 e. The Kier molecular flexibility index (Phi) is 5.43. The van der Waals surface area contributed by atoms with Crippen molar-refractivity contribution in [1.29, 1.82) is 0 Å². The maximum Gasteiger partial charge on any atom is 0.291 e. The molecule has 5 aromatic rings. The maximum absolute atomic E-state index is 12.7. The summed E-state index contributed by atoms with van der Waals surface area (Å²) in [6, 6.07) is 21.7. The summed E-state index contributed by atoms with van der Waals surface area (Å²) in [5, 5.41) is 6.34. The van der Waals surface area contributed by atoms with Crippen LogP contribution < -0.4 is 14.8 Å². The van der Waals surface area contributed by atoms with Gasteiger partial charge in [0.05, 0.1) is 4.53 Å². The van der Waals surface area contributed by atoms with Crippen molar-refractivity contribution in [3.8, 4) is 5.75 Å². The van der Waals surface area contributed by atoms with Gasteiger partial charge in [-0.1, -0.05) is 59.9 Å². The van der Waals surface area contributed by atoms with Gasteiger partial charge >= 0.3 is 0 Å². The highest BCUT2D eigenvalue weighted by atomic mass is 32.1. The van der Waals surface area contributed by atoms with Gasteiger partial charge in [-0.25, -0.2) is 0 Å².